The van der Waals surface area contributed by atoms with Gasteiger partial charge in [0.1, 0.15) is 11.1 Å². The molecule has 1 heterocycles. The van der Waals surface area contributed by atoms with E-state index in [4.69, 9.17) is 0 Å². The van der Waals surface area contributed by atoms with E-state index in [-0.39, 0.29) is 11.8 Å². The molecular weight excluding hydrogens is 382 g/mol. The molecule has 6 heteroatoms. The Bertz CT molecular complexity index is 1140. The van der Waals surface area contributed by atoms with Crippen LogP contribution >= 0.6 is 11.3 Å². The minimum atomic E-state index is -0.316. The van der Waals surface area contributed by atoms with Gasteiger partial charge in [-0.3, -0.25) is 9.59 Å². The molecule has 29 heavy (non-hydrogen) atoms. The van der Waals surface area contributed by atoms with E-state index in [1.807, 2.05) is 51.1 Å². The molecule has 3 aromatic rings. The van der Waals surface area contributed by atoms with Gasteiger partial charge < -0.3 is 10.6 Å². The molecule has 2 aromatic carbocycles. The second-order valence-corrected chi connectivity index (χ2v) is 7.91. The summed E-state index contributed by atoms with van der Waals surface area (Å²) in [5.74, 6) is -0.613. The fourth-order valence-corrected chi connectivity index (χ4v) is 3.95. The molecular formula is C23H21N3O2S. The van der Waals surface area contributed by atoms with Gasteiger partial charge in [-0.2, -0.15) is 5.26 Å². The standard InChI is InChI=1S/C23H21N3O2S/c1-13-8-10-17(11-9-13)21(27)26-23-18(12-24)16(4)20(29-23)22(28)25-19-7-5-6-14(2)15(19)3/h5-11H,1-4H3,(H,25,28)(H,26,27). The highest BCUT2D eigenvalue weighted by molar-refractivity contribution is 7.18. The van der Waals surface area contributed by atoms with Crippen molar-refractivity contribution >= 4 is 33.8 Å². The van der Waals surface area contributed by atoms with Crippen molar-refractivity contribution in [3.63, 3.8) is 0 Å². The Balaban J connectivity index is 1.88. The van der Waals surface area contributed by atoms with Gasteiger partial charge in [-0.25, -0.2) is 0 Å². The third kappa shape index (κ3) is 4.20. The predicted octanol–water partition coefficient (Wildman–Crippen LogP) is 5.36. The number of nitriles is 1. The summed E-state index contributed by atoms with van der Waals surface area (Å²) in [5, 5.41) is 15.6. The van der Waals surface area contributed by atoms with Crippen molar-refractivity contribution in [2.75, 3.05) is 10.6 Å². The molecule has 0 radical (unpaired) electrons. The molecule has 0 saturated carbocycles. The highest BCUT2D eigenvalue weighted by Crippen LogP contribution is 2.33. The third-order valence-electron chi connectivity index (χ3n) is 4.86. The summed E-state index contributed by atoms with van der Waals surface area (Å²) in [6.07, 6.45) is 0. The number of hydrogen-bond acceptors (Lipinski definition) is 4. The molecule has 3 rings (SSSR count). The van der Waals surface area contributed by atoms with Crippen LogP contribution in [0.15, 0.2) is 42.5 Å². The first-order valence-corrected chi connectivity index (χ1v) is 9.92. The number of carbonyl (C=O) groups is 2. The van der Waals surface area contributed by atoms with E-state index < -0.39 is 0 Å². The zero-order chi connectivity index (χ0) is 21.1. The monoisotopic (exact) mass is 403 g/mol. The first-order valence-electron chi connectivity index (χ1n) is 9.11. The van der Waals surface area contributed by atoms with E-state index in [0.717, 1.165) is 33.7 Å². The van der Waals surface area contributed by atoms with Crippen molar-refractivity contribution in [3.05, 3.63) is 80.7 Å². The van der Waals surface area contributed by atoms with Crippen LogP contribution in [-0.2, 0) is 0 Å². The van der Waals surface area contributed by atoms with Gasteiger partial charge >= 0.3 is 0 Å². The topological polar surface area (TPSA) is 82.0 Å². The van der Waals surface area contributed by atoms with Crippen LogP contribution in [0.4, 0.5) is 10.7 Å². The Kier molecular flexibility index (Phi) is 5.81. The van der Waals surface area contributed by atoms with Crippen LogP contribution in [0.3, 0.4) is 0 Å². The fourth-order valence-electron chi connectivity index (χ4n) is 2.90. The quantitative estimate of drug-likeness (QED) is 0.615. The summed E-state index contributed by atoms with van der Waals surface area (Å²) < 4.78 is 0. The molecule has 0 saturated heterocycles. The fraction of sp³-hybridized carbons (Fsp3) is 0.174. The number of amides is 2. The van der Waals surface area contributed by atoms with Gasteiger partial charge in [-0.1, -0.05) is 29.8 Å². The van der Waals surface area contributed by atoms with Crippen molar-refractivity contribution < 1.29 is 9.59 Å². The van der Waals surface area contributed by atoms with Crippen molar-refractivity contribution in [3.8, 4) is 6.07 Å². The number of nitrogens with zero attached hydrogens (tertiary/aromatic N) is 1. The van der Waals surface area contributed by atoms with Crippen LogP contribution in [0.25, 0.3) is 0 Å². The summed E-state index contributed by atoms with van der Waals surface area (Å²) in [7, 11) is 0. The molecule has 1 aromatic heterocycles. The van der Waals surface area contributed by atoms with Crippen molar-refractivity contribution in [2.45, 2.75) is 27.7 Å². The Labute approximate surface area is 174 Å². The lowest BCUT2D eigenvalue weighted by Crippen LogP contribution is -2.12. The van der Waals surface area contributed by atoms with Crippen LogP contribution in [0, 0.1) is 39.0 Å². The van der Waals surface area contributed by atoms with Crippen LogP contribution < -0.4 is 10.6 Å². The number of rotatable bonds is 4. The van der Waals surface area contributed by atoms with E-state index in [9.17, 15) is 14.9 Å². The highest BCUT2D eigenvalue weighted by atomic mass is 32.1. The van der Waals surface area contributed by atoms with E-state index in [1.165, 1.54) is 0 Å². The molecule has 2 amide bonds. The number of aryl methyl sites for hydroxylation is 2. The van der Waals surface area contributed by atoms with Gasteiger partial charge in [-0.05, 0) is 62.6 Å². The lowest BCUT2D eigenvalue weighted by Gasteiger charge is -2.09. The second-order valence-electron chi connectivity index (χ2n) is 6.89. The van der Waals surface area contributed by atoms with E-state index >= 15 is 0 Å². The molecule has 0 bridgehead atoms. The summed E-state index contributed by atoms with van der Waals surface area (Å²) in [6, 6.07) is 15.0. The zero-order valence-corrected chi connectivity index (χ0v) is 17.5. The zero-order valence-electron chi connectivity index (χ0n) is 16.7. The van der Waals surface area contributed by atoms with Crippen LogP contribution in [0.2, 0.25) is 0 Å². The molecule has 0 unspecified atom stereocenters. The van der Waals surface area contributed by atoms with E-state index in [0.29, 0.717) is 26.6 Å². The van der Waals surface area contributed by atoms with Gasteiger partial charge in [0.15, 0.2) is 0 Å². The molecule has 0 aliphatic rings. The molecule has 0 atom stereocenters. The summed E-state index contributed by atoms with van der Waals surface area (Å²) in [5.41, 5.74) is 5.20. The molecule has 5 nitrogen and oxygen atoms in total. The first-order chi connectivity index (χ1) is 13.8. The molecule has 0 spiro atoms. The number of benzene rings is 2. The summed E-state index contributed by atoms with van der Waals surface area (Å²) in [6.45, 7) is 7.58. The predicted molar refractivity (Wildman–Crippen MR) is 117 cm³/mol. The van der Waals surface area contributed by atoms with Crippen molar-refractivity contribution in [1.82, 2.24) is 0 Å². The highest BCUT2D eigenvalue weighted by Gasteiger charge is 2.22. The van der Waals surface area contributed by atoms with Crippen LogP contribution in [0.5, 0.6) is 0 Å². The largest absolute Gasteiger partial charge is 0.321 e. The Morgan fingerprint density at radius 1 is 0.897 bits per heavy atom. The van der Waals surface area contributed by atoms with Crippen LogP contribution in [0.1, 0.15) is 47.8 Å². The molecule has 2 N–H and O–H groups in total. The van der Waals surface area contributed by atoms with Gasteiger partial charge in [-0.15, -0.1) is 11.3 Å². The SMILES string of the molecule is Cc1ccc(C(=O)Nc2sc(C(=O)Nc3cccc(C)c3C)c(C)c2C#N)cc1. The van der Waals surface area contributed by atoms with Gasteiger partial charge in [0.2, 0.25) is 0 Å². The molecule has 146 valence electrons. The smallest absolute Gasteiger partial charge is 0.266 e. The van der Waals surface area contributed by atoms with E-state index in [2.05, 4.69) is 16.7 Å². The van der Waals surface area contributed by atoms with Gasteiger partial charge in [0.25, 0.3) is 11.8 Å². The summed E-state index contributed by atoms with van der Waals surface area (Å²) in [4.78, 5) is 25.8. The lowest BCUT2D eigenvalue weighted by molar-refractivity contribution is 0.102. The summed E-state index contributed by atoms with van der Waals surface area (Å²) >= 11 is 1.11. The first kappa shape index (κ1) is 20.3. The molecule has 0 fully saturated rings. The second kappa shape index (κ2) is 8.29. The minimum Gasteiger partial charge on any atom is -0.321 e. The number of anilines is 2. The third-order valence-corrected chi connectivity index (χ3v) is 6.06. The normalized spacial score (nSPS) is 10.3. The van der Waals surface area contributed by atoms with Crippen molar-refractivity contribution in [2.24, 2.45) is 0 Å². The maximum Gasteiger partial charge on any atom is 0.266 e. The number of hydrogen-bond donors (Lipinski definition) is 2. The Morgan fingerprint density at radius 3 is 2.24 bits per heavy atom. The van der Waals surface area contributed by atoms with E-state index in [1.54, 1.807) is 19.1 Å². The molecule has 0 aliphatic carbocycles. The number of nitrogens with one attached hydrogen (secondary N) is 2. The maximum atomic E-state index is 12.9. The number of carbonyl (C=O) groups excluding carboxylic acids is 2. The Morgan fingerprint density at radius 2 is 1.59 bits per heavy atom. The maximum absolute atomic E-state index is 12.9. The lowest BCUT2D eigenvalue weighted by atomic mass is 10.1. The minimum absolute atomic E-state index is 0.298. The van der Waals surface area contributed by atoms with Crippen LogP contribution in [-0.4, -0.2) is 11.8 Å². The average Bonchev–Trinajstić information content (AvgIpc) is 3.01. The number of thiophene rings is 1. The van der Waals surface area contributed by atoms with Gasteiger partial charge in [0, 0.05) is 11.3 Å². The van der Waals surface area contributed by atoms with Gasteiger partial charge in [0.05, 0.1) is 10.4 Å². The Hall–Kier alpha value is -3.43. The molecule has 0 aliphatic heterocycles. The average molecular weight is 404 g/mol. The van der Waals surface area contributed by atoms with Crippen molar-refractivity contribution in [1.29, 1.82) is 5.26 Å².